The lowest BCUT2D eigenvalue weighted by Gasteiger charge is -2.21. The van der Waals surface area contributed by atoms with Gasteiger partial charge in [0.15, 0.2) is 0 Å². The summed E-state index contributed by atoms with van der Waals surface area (Å²) < 4.78 is 0. The van der Waals surface area contributed by atoms with E-state index in [4.69, 9.17) is 28.9 Å². The lowest BCUT2D eigenvalue weighted by atomic mass is 9.87. The summed E-state index contributed by atoms with van der Waals surface area (Å²) in [6.45, 7) is 6.70. The third-order valence-electron chi connectivity index (χ3n) is 2.75. The highest BCUT2D eigenvalue weighted by Gasteiger charge is 2.13. The average Bonchev–Trinajstić information content (AvgIpc) is 2.20. The van der Waals surface area contributed by atoms with E-state index < -0.39 is 0 Å². The van der Waals surface area contributed by atoms with Gasteiger partial charge in [0.25, 0.3) is 0 Å². The zero-order chi connectivity index (χ0) is 13.1. The maximum absolute atomic E-state index is 6.12. The van der Waals surface area contributed by atoms with Crippen molar-refractivity contribution in [1.29, 1.82) is 0 Å². The lowest BCUT2D eigenvalue weighted by Crippen LogP contribution is -2.24. The first-order chi connectivity index (χ1) is 7.78. The van der Waals surface area contributed by atoms with E-state index in [0.717, 1.165) is 24.8 Å². The van der Waals surface area contributed by atoms with Crippen LogP contribution in [-0.4, -0.2) is 6.04 Å². The van der Waals surface area contributed by atoms with Crippen LogP contribution in [-0.2, 0) is 6.42 Å². The largest absolute Gasteiger partial charge is 0.327 e. The molecule has 0 fully saturated rings. The van der Waals surface area contributed by atoms with E-state index in [0.29, 0.717) is 15.5 Å². The third kappa shape index (κ3) is 5.76. The number of hydrogen-bond acceptors (Lipinski definition) is 1. The molecule has 0 radical (unpaired) electrons. The minimum Gasteiger partial charge on any atom is -0.327 e. The second-order valence-electron chi connectivity index (χ2n) is 5.81. The van der Waals surface area contributed by atoms with Gasteiger partial charge >= 0.3 is 0 Å². The predicted octanol–water partition coefficient (Wildman–Crippen LogP) is 4.69. The summed E-state index contributed by atoms with van der Waals surface area (Å²) in [6.07, 6.45) is 3.02. The topological polar surface area (TPSA) is 26.0 Å². The van der Waals surface area contributed by atoms with Crippen LogP contribution in [0.3, 0.4) is 0 Å². The van der Waals surface area contributed by atoms with Crippen molar-refractivity contribution in [2.45, 2.75) is 46.1 Å². The molecule has 1 unspecified atom stereocenters. The van der Waals surface area contributed by atoms with E-state index in [-0.39, 0.29) is 6.04 Å². The van der Waals surface area contributed by atoms with Crippen LogP contribution in [0.25, 0.3) is 0 Å². The second-order valence-corrected chi connectivity index (χ2v) is 6.63. The molecule has 2 N–H and O–H groups in total. The molecule has 1 aromatic rings. The van der Waals surface area contributed by atoms with Crippen LogP contribution < -0.4 is 5.73 Å². The third-order valence-corrected chi connectivity index (χ3v) is 3.49. The molecule has 0 bridgehead atoms. The van der Waals surface area contributed by atoms with Gasteiger partial charge in [0.1, 0.15) is 0 Å². The first-order valence-corrected chi connectivity index (χ1v) is 6.73. The van der Waals surface area contributed by atoms with Gasteiger partial charge in [0.2, 0.25) is 0 Å². The smallest absolute Gasteiger partial charge is 0.0595 e. The van der Waals surface area contributed by atoms with Crippen molar-refractivity contribution in [2.24, 2.45) is 11.1 Å². The quantitative estimate of drug-likeness (QED) is 0.846. The van der Waals surface area contributed by atoms with Crippen molar-refractivity contribution in [2.75, 3.05) is 0 Å². The Kier molecular flexibility index (Phi) is 5.30. The number of benzene rings is 1. The summed E-state index contributed by atoms with van der Waals surface area (Å²) >= 11 is 11.8. The molecule has 1 nitrogen and oxygen atoms in total. The van der Waals surface area contributed by atoms with Crippen molar-refractivity contribution < 1.29 is 0 Å². The van der Waals surface area contributed by atoms with Gasteiger partial charge in [-0.1, -0.05) is 50.0 Å². The van der Waals surface area contributed by atoms with E-state index >= 15 is 0 Å². The van der Waals surface area contributed by atoms with E-state index in [1.54, 1.807) is 0 Å². The summed E-state index contributed by atoms with van der Waals surface area (Å²) in [5, 5.41) is 1.20. The van der Waals surface area contributed by atoms with Crippen molar-refractivity contribution in [3.05, 3.63) is 33.8 Å². The number of hydrogen-bond donors (Lipinski definition) is 1. The SMILES string of the molecule is CC(C)(C)CCC(N)Cc1ccc(Cl)c(Cl)c1. The van der Waals surface area contributed by atoms with E-state index in [2.05, 4.69) is 20.8 Å². The maximum Gasteiger partial charge on any atom is 0.0595 e. The minimum atomic E-state index is 0.187. The van der Waals surface area contributed by atoms with Crippen molar-refractivity contribution in [3.63, 3.8) is 0 Å². The van der Waals surface area contributed by atoms with E-state index in [9.17, 15) is 0 Å². The molecule has 0 heterocycles. The van der Waals surface area contributed by atoms with Crippen LogP contribution in [0.4, 0.5) is 0 Å². The summed E-state index contributed by atoms with van der Waals surface area (Å²) in [7, 11) is 0. The fourth-order valence-corrected chi connectivity index (χ4v) is 2.01. The molecule has 0 saturated heterocycles. The van der Waals surface area contributed by atoms with Crippen molar-refractivity contribution >= 4 is 23.2 Å². The van der Waals surface area contributed by atoms with Crippen molar-refractivity contribution in [1.82, 2.24) is 0 Å². The summed E-state index contributed by atoms with van der Waals surface area (Å²) in [6, 6.07) is 5.91. The highest BCUT2D eigenvalue weighted by Crippen LogP contribution is 2.25. The molecule has 0 aliphatic rings. The Bertz CT molecular complexity index is 369. The number of nitrogens with two attached hydrogens (primary N) is 1. The van der Waals surface area contributed by atoms with Crippen LogP contribution in [0.2, 0.25) is 10.0 Å². The molecule has 0 amide bonds. The Morgan fingerprint density at radius 3 is 2.35 bits per heavy atom. The van der Waals surface area contributed by atoms with Crippen LogP contribution in [0.5, 0.6) is 0 Å². The molecular weight excluding hydrogens is 253 g/mol. The fourth-order valence-electron chi connectivity index (χ4n) is 1.69. The fraction of sp³-hybridized carbons (Fsp3) is 0.571. The zero-order valence-corrected chi connectivity index (χ0v) is 12.3. The molecule has 3 heteroatoms. The van der Waals surface area contributed by atoms with Crippen molar-refractivity contribution in [3.8, 4) is 0 Å². The average molecular weight is 274 g/mol. The Balaban J connectivity index is 2.50. The van der Waals surface area contributed by atoms with Gasteiger partial charge < -0.3 is 5.73 Å². The van der Waals surface area contributed by atoms with Gasteiger partial charge in [-0.25, -0.2) is 0 Å². The molecular formula is C14H21Cl2N. The summed E-state index contributed by atoms with van der Waals surface area (Å²) in [5.41, 5.74) is 7.62. The first kappa shape index (κ1) is 14.8. The molecule has 0 saturated carbocycles. The standard InChI is InChI=1S/C14H21Cl2N/c1-14(2,3)7-6-11(17)8-10-4-5-12(15)13(16)9-10/h4-5,9,11H,6-8,17H2,1-3H3. The Hall–Kier alpha value is -0.240. The Labute approximate surface area is 114 Å². The zero-order valence-electron chi connectivity index (χ0n) is 10.8. The molecule has 1 rings (SSSR count). The van der Waals surface area contributed by atoms with E-state index in [1.807, 2.05) is 18.2 Å². The molecule has 96 valence electrons. The molecule has 1 atom stereocenters. The number of halogens is 2. The Morgan fingerprint density at radius 2 is 1.82 bits per heavy atom. The predicted molar refractivity (Wildman–Crippen MR) is 76.8 cm³/mol. The van der Waals surface area contributed by atoms with Gasteiger partial charge in [-0.05, 0) is 42.4 Å². The monoisotopic (exact) mass is 273 g/mol. The van der Waals surface area contributed by atoms with Crippen LogP contribution in [0, 0.1) is 5.41 Å². The second kappa shape index (κ2) is 6.08. The van der Waals surface area contributed by atoms with Crippen LogP contribution in [0.15, 0.2) is 18.2 Å². The maximum atomic E-state index is 6.12. The summed E-state index contributed by atoms with van der Waals surface area (Å²) in [5.74, 6) is 0. The lowest BCUT2D eigenvalue weighted by molar-refractivity contribution is 0.347. The summed E-state index contributed by atoms with van der Waals surface area (Å²) in [4.78, 5) is 0. The molecule has 0 aliphatic heterocycles. The number of rotatable bonds is 4. The van der Waals surface area contributed by atoms with Gasteiger partial charge in [0.05, 0.1) is 10.0 Å². The van der Waals surface area contributed by atoms with Crippen LogP contribution >= 0.6 is 23.2 Å². The molecule has 17 heavy (non-hydrogen) atoms. The van der Waals surface area contributed by atoms with Crippen LogP contribution in [0.1, 0.15) is 39.2 Å². The van der Waals surface area contributed by atoms with Gasteiger partial charge in [-0.2, -0.15) is 0 Å². The normalized spacial score (nSPS) is 13.8. The molecule has 1 aromatic carbocycles. The first-order valence-electron chi connectivity index (χ1n) is 5.97. The highest BCUT2D eigenvalue weighted by atomic mass is 35.5. The van der Waals surface area contributed by atoms with E-state index in [1.165, 1.54) is 0 Å². The van der Waals surface area contributed by atoms with Gasteiger partial charge in [0, 0.05) is 6.04 Å². The van der Waals surface area contributed by atoms with Gasteiger partial charge in [-0.3, -0.25) is 0 Å². The highest BCUT2D eigenvalue weighted by molar-refractivity contribution is 6.42. The molecule has 0 aliphatic carbocycles. The Morgan fingerprint density at radius 1 is 1.18 bits per heavy atom. The minimum absolute atomic E-state index is 0.187. The molecule has 0 spiro atoms. The molecule has 0 aromatic heterocycles. The van der Waals surface area contributed by atoms with Gasteiger partial charge in [-0.15, -0.1) is 0 Å².